The molecular weight excluding hydrogens is 239 g/mol. The average Bonchev–Trinajstić information content (AvgIpc) is 2.43. The Morgan fingerprint density at radius 1 is 1.16 bits per heavy atom. The number of carbonyl (C=O) groups is 1. The van der Waals surface area contributed by atoms with E-state index in [1.54, 1.807) is 12.1 Å². The molecule has 2 heteroatoms. The first-order chi connectivity index (χ1) is 9.26. The summed E-state index contributed by atoms with van der Waals surface area (Å²) >= 11 is 0. The highest BCUT2D eigenvalue weighted by Crippen LogP contribution is 2.16. The number of hydrogen-bond acceptors (Lipinski definition) is 1. The van der Waals surface area contributed by atoms with Crippen LogP contribution in [0.2, 0.25) is 0 Å². The van der Waals surface area contributed by atoms with Gasteiger partial charge in [-0.2, -0.15) is 0 Å². The second-order valence-electron chi connectivity index (χ2n) is 4.58. The molecule has 0 fully saturated rings. The van der Waals surface area contributed by atoms with Crippen molar-refractivity contribution in [2.24, 2.45) is 0 Å². The fraction of sp³-hybridized carbons (Fsp3) is 0.353. The van der Waals surface area contributed by atoms with Crippen LogP contribution in [-0.2, 0) is 4.79 Å². The van der Waals surface area contributed by atoms with Crippen LogP contribution in [0.1, 0.15) is 44.6 Å². The lowest BCUT2D eigenvalue weighted by molar-refractivity contribution is -0.104. The molecular formula is C17H21FO. The van der Waals surface area contributed by atoms with Crippen molar-refractivity contribution in [3.8, 4) is 0 Å². The van der Waals surface area contributed by atoms with E-state index in [2.05, 4.69) is 6.92 Å². The standard InChI is InChI=1S/C17H21FO/c1-2-3-4-5-7-15(8-6-13-19)14-16-9-11-17(18)12-10-16/h6,8-14H,2-5,7H2,1H3/b8-6+,15-14+. The first kappa shape index (κ1) is 15.4. The van der Waals surface area contributed by atoms with E-state index in [-0.39, 0.29) is 5.82 Å². The Morgan fingerprint density at radius 3 is 2.53 bits per heavy atom. The van der Waals surface area contributed by atoms with Crippen molar-refractivity contribution in [2.45, 2.75) is 39.0 Å². The van der Waals surface area contributed by atoms with Crippen LogP contribution in [-0.4, -0.2) is 6.29 Å². The Kier molecular flexibility index (Phi) is 7.48. The fourth-order valence-electron chi connectivity index (χ4n) is 1.90. The van der Waals surface area contributed by atoms with Crippen molar-refractivity contribution in [2.75, 3.05) is 0 Å². The van der Waals surface area contributed by atoms with Crippen LogP contribution in [0.4, 0.5) is 4.39 Å². The van der Waals surface area contributed by atoms with Crippen LogP contribution in [0.3, 0.4) is 0 Å². The molecule has 0 amide bonds. The second kappa shape index (κ2) is 9.26. The van der Waals surface area contributed by atoms with E-state index in [4.69, 9.17) is 0 Å². The maximum Gasteiger partial charge on any atom is 0.142 e. The van der Waals surface area contributed by atoms with E-state index in [1.165, 1.54) is 37.5 Å². The zero-order valence-corrected chi connectivity index (χ0v) is 11.4. The van der Waals surface area contributed by atoms with Gasteiger partial charge in [-0.1, -0.05) is 50.5 Å². The predicted molar refractivity (Wildman–Crippen MR) is 78.3 cm³/mol. The largest absolute Gasteiger partial charge is 0.299 e. The first-order valence-electron chi connectivity index (χ1n) is 6.84. The lowest BCUT2D eigenvalue weighted by Gasteiger charge is -2.03. The maximum atomic E-state index is 12.8. The molecule has 0 unspecified atom stereocenters. The van der Waals surface area contributed by atoms with Crippen molar-refractivity contribution in [3.63, 3.8) is 0 Å². The van der Waals surface area contributed by atoms with E-state index in [0.29, 0.717) is 0 Å². The number of carbonyl (C=O) groups excluding carboxylic acids is 1. The van der Waals surface area contributed by atoms with E-state index in [9.17, 15) is 9.18 Å². The van der Waals surface area contributed by atoms with Crippen molar-refractivity contribution in [1.29, 1.82) is 0 Å². The summed E-state index contributed by atoms with van der Waals surface area (Å²) in [7, 11) is 0. The molecule has 0 aliphatic carbocycles. The number of unbranched alkanes of at least 4 members (excludes halogenated alkanes) is 3. The molecule has 1 aromatic rings. The van der Waals surface area contributed by atoms with Gasteiger partial charge in [0.05, 0.1) is 0 Å². The molecule has 0 aromatic heterocycles. The molecule has 0 spiro atoms. The zero-order valence-electron chi connectivity index (χ0n) is 11.4. The lowest BCUT2D eigenvalue weighted by atomic mass is 10.0. The zero-order chi connectivity index (χ0) is 13.9. The molecule has 0 radical (unpaired) electrons. The lowest BCUT2D eigenvalue weighted by Crippen LogP contribution is -1.84. The van der Waals surface area contributed by atoms with Crippen LogP contribution in [0.5, 0.6) is 0 Å². The van der Waals surface area contributed by atoms with Gasteiger partial charge in [0.15, 0.2) is 0 Å². The summed E-state index contributed by atoms with van der Waals surface area (Å²) < 4.78 is 12.8. The molecule has 1 aromatic carbocycles. The molecule has 0 bridgehead atoms. The van der Waals surface area contributed by atoms with Gasteiger partial charge in [0.25, 0.3) is 0 Å². The Hall–Kier alpha value is -1.70. The third-order valence-electron chi connectivity index (χ3n) is 2.93. The van der Waals surface area contributed by atoms with Gasteiger partial charge < -0.3 is 0 Å². The summed E-state index contributed by atoms with van der Waals surface area (Å²) in [6.07, 6.45) is 11.8. The molecule has 0 saturated heterocycles. The van der Waals surface area contributed by atoms with Crippen molar-refractivity contribution in [3.05, 3.63) is 53.4 Å². The molecule has 1 rings (SSSR count). The molecule has 0 atom stereocenters. The number of benzene rings is 1. The first-order valence-corrected chi connectivity index (χ1v) is 6.84. The average molecular weight is 260 g/mol. The van der Waals surface area contributed by atoms with E-state index >= 15 is 0 Å². The van der Waals surface area contributed by atoms with Crippen LogP contribution in [0, 0.1) is 5.82 Å². The predicted octanol–water partition coefficient (Wildman–Crippen LogP) is 4.93. The topological polar surface area (TPSA) is 17.1 Å². The second-order valence-corrected chi connectivity index (χ2v) is 4.58. The minimum atomic E-state index is -0.231. The van der Waals surface area contributed by atoms with Crippen LogP contribution < -0.4 is 0 Å². The van der Waals surface area contributed by atoms with Crippen LogP contribution >= 0.6 is 0 Å². The SMILES string of the molecule is CCCCCCC(/C=C/C=O)=C\c1ccc(F)cc1. The van der Waals surface area contributed by atoms with E-state index < -0.39 is 0 Å². The van der Waals surface area contributed by atoms with Crippen molar-refractivity contribution < 1.29 is 9.18 Å². The molecule has 0 aliphatic rings. The van der Waals surface area contributed by atoms with Gasteiger partial charge in [-0.25, -0.2) is 4.39 Å². The molecule has 19 heavy (non-hydrogen) atoms. The Bertz CT molecular complexity index is 429. The molecule has 1 nitrogen and oxygen atoms in total. The highest BCUT2D eigenvalue weighted by Gasteiger charge is 1.96. The van der Waals surface area contributed by atoms with Gasteiger partial charge in [-0.3, -0.25) is 4.79 Å². The van der Waals surface area contributed by atoms with E-state index in [0.717, 1.165) is 30.3 Å². The summed E-state index contributed by atoms with van der Waals surface area (Å²) in [5, 5.41) is 0. The summed E-state index contributed by atoms with van der Waals surface area (Å²) in [5.41, 5.74) is 2.07. The summed E-state index contributed by atoms with van der Waals surface area (Å²) in [6.45, 7) is 2.18. The minimum Gasteiger partial charge on any atom is -0.299 e. The normalized spacial score (nSPS) is 12.0. The van der Waals surface area contributed by atoms with Crippen LogP contribution in [0.25, 0.3) is 6.08 Å². The number of hydrogen-bond donors (Lipinski definition) is 0. The summed E-state index contributed by atoms with van der Waals surface area (Å²) in [4.78, 5) is 10.4. The number of rotatable bonds is 8. The summed E-state index contributed by atoms with van der Waals surface area (Å²) in [5.74, 6) is -0.231. The van der Waals surface area contributed by atoms with Crippen molar-refractivity contribution >= 4 is 12.4 Å². The molecule has 102 valence electrons. The monoisotopic (exact) mass is 260 g/mol. The van der Waals surface area contributed by atoms with Gasteiger partial charge in [-0.05, 0) is 42.2 Å². The van der Waals surface area contributed by atoms with Gasteiger partial charge in [0, 0.05) is 0 Å². The fourth-order valence-corrected chi connectivity index (χ4v) is 1.90. The Balaban J connectivity index is 2.69. The molecule has 0 aliphatic heterocycles. The van der Waals surface area contributed by atoms with Crippen LogP contribution in [0.15, 0.2) is 42.0 Å². The number of halogens is 1. The smallest absolute Gasteiger partial charge is 0.142 e. The van der Waals surface area contributed by atoms with Gasteiger partial charge in [-0.15, -0.1) is 0 Å². The number of aldehydes is 1. The third-order valence-corrected chi connectivity index (χ3v) is 2.93. The minimum absolute atomic E-state index is 0.231. The molecule has 0 saturated carbocycles. The summed E-state index contributed by atoms with van der Waals surface area (Å²) in [6, 6.07) is 6.39. The molecule has 0 heterocycles. The van der Waals surface area contributed by atoms with Gasteiger partial charge >= 0.3 is 0 Å². The van der Waals surface area contributed by atoms with Gasteiger partial charge in [0.1, 0.15) is 12.1 Å². The van der Waals surface area contributed by atoms with Crippen molar-refractivity contribution in [1.82, 2.24) is 0 Å². The highest BCUT2D eigenvalue weighted by atomic mass is 19.1. The Labute approximate surface area is 114 Å². The third kappa shape index (κ3) is 6.70. The Morgan fingerprint density at radius 2 is 1.89 bits per heavy atom. The number of allylic oxidation sites excluding steroid dienone is 3. The van der Waals surface area contributed by atoms with Gasteiger partial charge in [0.2, 0.25) is 0 Å². The van der Waals surface area contributed by atoms with E-state index in [1.807, 2.05) is 12.2 Å². The maximum absolute atomic E-state index is 12.8. The highest BCUT2D eigenvalue weighted by molar-refractivity contribution is 5.67. The quantitative estimate of drug-likeness (QED) is 0.280. The molecule has 0 N–H and O–H groups in total.